The van der Waals surface area contributed by atoms with Gasteiger partial charge < -0.3 is 9.26 Å². The molecule has 5 heteroatoms. The smallest absolute Gasteiger partial charge is 0.360 e. The molecule has 0 amide bonds. The highest BCUT2D eigenvalue weighted by Gasteiger charge is 2.17. The summed E-state index contributed by atoms with van der Waals surface area (Å²) in [6.07, 6.45) is 2.47. The van der Waals surface area contributed by atoms with Gasteiger partial charge in [0.25, 0.3) is 0 Å². The van der Waals surface area contributed by atoms with Crippen LogP contribution in [0.1, 0.15) is 29.1 Å². The molecule has 1 fully saturated rings. The fourth-order valence-corrected chi connectivity index (χ4v) is 1.75. The summed E-state index contributed by atoms with van der Waals surface area (Å²) in [5, 5.41) is 3.65. The molecule has 0 saturated carbocycles. The highest BCUT2D eigenvalue weighted by Crippen LogP contribution is 2.13. The first-order chi connectivity index (χ1) is 7.29. The van der Waals surface area contributed by atoms with Crippen molar-refractivity contribution in [3.63, 3.8) is 0 Å². The van der Waals surface area contributed by atoms with Crippen LogP contribution in [0.15, 0.2) is 10.6 Å². The topological polar surface area (TPSA) is 55.6 Å². The van der Waals surface area contributed by atoms with E-state index < -0.39 is 5.97 Å². The first-order valence-electron chi connectivity index (χ1n) is 5.06. The molecule has 1 aromatic heterocycles. The quantitative estimate of drug-likeness (QED) is 0.698. The van der Waals surface area contributed by atoms with E-state index in [2.05, 4.69) is 14.8 Å². The summed E-state index contributed by atoms with van der Waals surface area (Å²) < 4.78 is 9.60. The largest absolute Gasteiger partial charge is 0.464 e. The van der Waals surface area contributed by atoms with Crippen LogP contribution in [0.2, 0.25) is 0 Å². The van der Waals surface area contributed by atoms with E-state index in [9.17, 15) is 4.79 Å². The maximum atomic E-state index is 11.1. The number of hydrogen-bond donors (Lipinski definition) is 0. The predicted octanol–water partition coefficient (Wildman–Crippen LogP) is 1.06. The SMILES string of the molecule is COC(=O)c1cc(CN2CCCC2)on1. The minimum atomic E-state index is -0.452. The Labute approximate surface area is 88.0 Å². The van der Waals surface area contributed by atoms with Gasteiger partial charge >= 0.3 is 5.97 Å². The summed E-state index contributed by atoms with van der Waals surface area (Å²) in [6.45, 7) is 2.91. The predicted molar refractivity (Wildman–Crippen MR) is 52.4 cm³/mol. The Bertz CT molecular complexity index is 342. The van der Waals surface area contributed by atoms with E-state index in [1.165, 1.54) is 20.0 Å². The van der Waals surface area contributed by atoms with Crippen LogP contribution in [0.3, 0.4) is 0 Å². The van der Waals surface area contributed by atoms with Crippen molar-refractivity contribution in [3.8, 4) is 0 Å². The van der Waals surface area contributed by atoms with Gasteiger partial charge in [-0.1, -0.05) is 5.16 Å². The second-order valence-corrected chi connectivity index (χ2v) is 3.65. The number of carbonyl (C=O) groups is 1. The summed E-state index contributed by atoms with van der Waals surface area (Å²) in [7, 11) is 1.33. The summed E-state index contributed by atoms with van der Waals surface area (Å²) in [5.41, 5.74) is 0.242. The van der Waals surface area contributed by atoms with Crippen molar-refractivity contribution in [2.24, 2.45) is 0 Å². The lowest BCUT2D eigenvalue weighted by molar-refractivity contribution is 0.0589. The molecule has 0 spiro atoms. The number of nitrogens with zero attached hydrogens (tertiary/aromatic N) is 2. The average molecular weight is 210 g/mol. The molecule has 0 radical (unpaired) electrons. The Morgan fingerprint density at radius 2 is 2.33 bits per heavy atom. The Morgan fingerprint density at radius 1 is 1.60 bits per heavy atom. The monoisotopic (exact) mass is 210 g/mol. The summed E-state index contributed by atoms with van der Waals surface area (Å²) in [4.78, 5) is 13.4. The van der Waals surface area contributed by atoms with E-state index in [1.807, 2.05) is 0 Å². The molecule has 1 aliphatic rings. The van der Waals surface area contributed by atoms with Crippen molar-refractivity contribution < 1.29 is 14.1 Å². The number of hydrogen-bond acceptors (Lipinski definition) is 5. The van der Waals surface area contributed by atoms with Gasteiger partial charge in [0, 0.05) is 6.07 Å². The number of carbonyl (C=O) groups excluding carboxylic acids is 1. The average Bonchev–Trinajstić information content (AvgIpc) is 2.88. The molecule has 0 unspecified atom stereocenters. The Kier molecular flexibility index (Phi) is 3.01. The fourth-order valence-electron chi connectivity index (χ4n) is 1.75. The van der Waals surface area contributed by atoms with Crippen LogP contribution >= 0.6 is 0 Å². The van der Waals surface area contributed by atoms with E-state index >= 15 is 0 Å². The van der Waals surface area contributed by atoms with E-state index in [4.69, 9.17) is 4.52 Å². The van der Waals surface area contributed by atoms with E-state index in [-0.39, 0.29) is 5.69 Å². The summed E-state index contributed by atoms with van der Waals surface area (Å²) in [5.74, 6) is 0.267. The Balaban J connectivity index is 1.97. The number of rotatable bonds is 3. The Hall–Kier alpha value is -1.36. The number of methoxy groups -OCH3 is 1. The summed E-state index contributed by atoms with van der Waals surface area (Å²) in [6, 6.07) is 1.64. The van der Waals surface area contributed by atoms with Gasteiger partial charge in [0.1, 0.15) is 0 Å². The molecular weight excluding hydrogens is 196 g/mol. The van der Waals surface area contributed by atoms with E-state index in [0.717, 1.165) is 25.4 Å². The standard InChI is InChI=1S/C10H14N2O3/c1-14-10(13)9-6-8(15-11-9)7-12-4-2-3-5-12/h6H,2-5,7H2,1H3. The first kappa shape index (κ1) is 10.2. The zero-order valence-corrected chi connectivity index (χ0v) is 8.73. The molecule has 5 nitrogen and oxygen atoms in total. The highest BCUT2D eigenvalue weighted by atomic mass is 16.5. The van der Waals surface area contributed by atoms with Gasteiger partial charge in [-0.25, -0.2) is 4.79 Å². The lowest BCUT2D eigenvalue weighted by atomic mass is 10.3. The second-order valence-electron chi connectivity index (χ2n) is 3.65. The minimum Gasteiger partial charge on any atom is -0.464 e. The normalized spacial score (nSPS) is 16.9. The van der Waals surface area contributed by atoms with E-state index in [0.29, 0.717) is 0 Å². The molecule has 0 bridgehead atoms. The summed E-state index contributed by atoms with van der Waals surface area (Å²) >= 11 is 0. The molecule has 2 rings (SSSR count). The lowest BCUT2D eigenvalue weighted by Gasteiger charge is -2.10. The fraction of sp³-hybridized carbons (Fsp3) is 0.600. The molecule has 0 aromatic carbocycles. The molecule has 1 aliphatic heterocycles. The van der Waals surface area contributed by atoms with Gasteiger partial charge in [-0.3, -0.25) is 4.90 Å². The highest BCUT2D eigenvalue weighted by molar-refractivity contribution is 5.86. The molecule has 0 atom stereocenters. The van der Waals surface area contributed by atoms with Crippen molar-refractivity contribution >= 4 is 5.97 Å². The van der Waals surface area contributed by atoms with Crippen molar-refractivity contribution in [2.75, 3.05) is 20.2 Å². The van der Waals surface area contributed by atoms with Crippen LogP contribution in [0, 0.1) is 0 Å². The third-order valence-electron chi connectivity index (χ3n) is 2.53. The lowest BCUT2D eigenvalue weighted by Crippen LogP contribution is -2.17. The van der Waals surface area contributed by atoms with Crippen molar-refractivity contribution in [3.05, 3.63) is 17.5 Å². The van der Waals surface area contributed by atoms with Crippen molar-refractivity contribution in [1.29, 1.82) is 0 Å². The van der Waals surface area contributed by atoms with Gasteiger partial charge in [0.2, 0.25) is 0 Å². The third-order valence-corrected chi connectivity index (χ3v) is 2.53. The maximum Gasteiger partial charge on any atom is 0.360 e. The maximum absolute atomic E-state index is 11.1. The van der Waals surface area contributed by atoms with Crippen LogP contribution in [-0.2, 0) is 11.3 Å². The molecule has 82 valence electrons. The molecule has 1 aromatic rings. The number of esters is 1. The minimum absolute atomic E-state index is 0.242. The molecule has 0 N–H and O–H groups in total. The number of aromatic nitrogens is 1. The van der Waals surface area contributed by atoms with Gasteiger partial charge in [-0.15, -0.1) is 0 Å². The number of ether oxygens (including phenoxy) is 1. The van der Waals surface area contributed by atoms with Crippen LogP contribution in [0.5, 0.6) is 0 Å². The van der Waals surface area contributed by atoms with Crippen LogP contribution in [0.4, 0.5) is 0 Å². The van der Waals surface area contributed by atoms with Gasteiger partial charge in [-0.2, -0.15) is 0 Å². The molecule has 0 aliphatic carbocycles. The Morgan fingerprint density at radius 3 is 3.00 bits per heavy atom. The zero-order chi connectivity index (χ0) is 10.7. The van der Waals surface area contributed by atoms with Crippen LogP contribution in [0.25, 0.3) is 0 Å². The van der Waals surface area contributed by atoms with Crippen molar-refractivity contribution in [2.45, 2.75) is 19.4 Å². The molecule has 1 saturated heterocycles. The van der Waals surface area contributed by atoms with Crippen molar-refractivity contribution in [1.82, 2.24) is 10.1 Å². The third kappa shape index (κ3) is 2.36. The first-order valence-corrected chi connectivity index (χ1v) is 5.06. The van der Waals surface area contributed by atoms with Gasteiger partial charge in [0.15, 0.2) is 11.5 Å². The van der Waals surface area contributed by atoms with Gasteiger partial charge in [0.05, 0.1) is 13.7 Å². The van der Waals surface area contributed by atoms with Crippen LogP contribution in [-0.4, -0.2) is 36.2 Å². The molecular formula is C10H14N2O3. The molecule has 2 heterocycles. The molecule has 15 heavy (non-hydrogen) atoms. The van der Waals surface area contributed by atoms with Crippen LogP contribution < -0.4 is 0 Å². The number of likely N-dealkylation sites (tertiary alicyclic amines) is 1. The van der Waals surface area contributed by atoms with Gasteiger partial charge in [-0.05, 0) is 25.9 Å². The van der Waals surface area contributed by atoms with E-state index in [1.54, 1.807) is 6.07 Å². The second kappa shape index (κ2) is 4.44. The zero-order valence-electron chi connectivity index (χ0n) is 8.73.